The predicted octanol–water partition coefficient (Wildman–Crippen LogP) is 5.54. The third-order valence-electron chi connectivity index (χ3n) is 7.08. The van der Waals surface area contributed by atoms with Crippen LogP contribution in [-0.4, -0.2) is 27.6 Å². The van der Waals surface area contributed by atoms with Gasteiger partial charge in [0.15, 0.2) is 17.2 Å². The number of nitro benzene ring substituents is 1. The molecule has 1 saturated carbocycles. The van der Waals surface area contributed by atoms with Crippen LogP contribution in [0.1, 0.15) is 55.0 Å². The minimum Gasteiger partial charge on any atom is -0.482 e. The summed E-state index contributed by atoms with van der Waals surface area (Å²) in [5.74, 6) is 2.16. The lowest BCUT2D eigenvalue weighted by molar-refractivity contribution is -0.385. The zero-order valence-corrected chi connectivity index (χ0v) is 21.1. The van der Waals surface area contributed by atoms with Crippen LogP contribution in [0.2, 0.25) is 0 Å². The Morgan fingerprint density at radius 2 is 1.87 bits per heavy atom. The Morgan fingerprint density at radius 3 is 2.72 bits per heavy atom. The zero-order valence-electron chi connectivity index (χ0n) is 21.1. The Balaban J connectivity index is 1.29. The molecule has 0 bridgehead atoms. The van der Waals surface area contributed by atoms with Gasteiger partial charge >= 0.3 is 5.69 Å². The van der Waals surface area contributed by atoms with Crippen molar-refractivity contribution in [1.29, 1.82) is 0 Å². The van der Waals surface area contributed by atoms with E-state index in [1.165, 1.54) is 29.4 Å². The molecule has 0 saturated heterocycles. The number of ether oxygens (including phenoxy) is 3. The molecular formula is C29H26N4O6. The second-order valence-electron chi connectivity index (χ2n) is 9.64. The SMILES string of the molecule is O=c1c2ccccc2nc(C2CCCCC2)n1N=Cc1ccc(OCc2ccc3c(c2)OCO3)c([N+](=O)[O-])c1. The van der Waals surface area contributed by atoms with Gasteiger partial charge in [0.25, 0.3) is 5.56 Å². The lowest BCUT2D eigenvalue weighted by Gasteiger charge is -2.22. The Hall–Kier alpha value is -4.73. The van der Waals surface area contributed by atoms with Gasteiger partial charge in [0.2, 0.25) is 6.79 Å². The van der Waals surface area contributed by atoms with Crippen molar-refractivity contribution in [3.63, 3.8) is 0 Å². The molecule has 0 unspecified atom stereocenters. The van der Waals surface area contributed by atoms with Crippen molar-refractivity contribution in [1.82, 2.24) is 9.66 Å². The molecule has 2 aliphatic rings. The summed E-state index contributed by atoms with van der Waals surface area (Å²) in [5, 5.41) is 16.8. The van der Waals surface area contributed by atoms with Crippen LogP contribution in [0.15, 0.2) is 70.6 Å². The van der Waals surface area contributed by atoms with Crippen molar-refractivity contribution >= 4 is 22.8 Å². The Kier molecular flexibility index (Phi) is 6.66. The first-order valence-electron chi connectivity index (χ1n) is 12.9. The summed E-state index contributed by atoms with van der Waals surface area (Å²) in [6, 6.07) is 17.2. The summed E-state index contributed by atoms with van der Waals surface area (Å²) in [6.07, 6.45) is 6.68. The van der Waals surface area contributed by atoms with E-state index in [9.17, 15) is 14.9 Å². The van der Waals surface area contributed by atoms with Crippen LogP contribution in [0.4, 0.5) is 5.69 Å². The molecular weight excluding hydrogens is 500 g/mol. The van der Waals surface area contributed by atoms with Gasteiger partial charge in [0.05, 0.1) is 22.0 Å². The van der Waals surface area contributed by atoms with Crippen molar-refractivity contribution in [3.8, 4) is 17.2 Å². The molecule has 39 heavy (non-hydrogen) atoms. The van der Waals surface area contributed by atoms with Crippen LogP contribution in [0.3, 0.4) is 0 Å². The maximum atomic E-state index is 13.4. The highest BCUT2D eigenvalue weighted by Gasteiger charge is 2.23. The van der Waals surface area contributed by atoms with E-state index < -0.39 is 4.92 Å². The largest absolute Gasteiger partial charge is 0.482 e. The van der Waals surface area contributed by atoms with Crippen molar-refractivity contribution in [2.45, 2.75) is 44.6 Å². The van der Waals surface area contributed by atoms with Gasteiger partial charge in [-0.1, -0.05) is 37.5 Å². The van der Waals surface area contributed by atoms with Gasteiger partial charge < -0.3 is 14.2 Å². The molecule has 10 heteroatoms. The highest BCUT2D eigenvalue weighted by atomic mass is 16.7. The lowest BCUT2D eigenvalue weighted by Crippen LogP contribution is -2.25. The molecule has 0 amide bonds. The molecule has 198 valence electrons. The van der Waals surface area contributed by atoms with E-state index in [0.29, 0.717) is 33.8 Å². The molecule has 0 atom stereocenters. The zero-order chi connectivity index (χ0) is 26.8. The monoisotopic (exact) mass is 526 g/mol. The predicted molar refractivity (Wildman–Crippen MR) is 145 cm³/mol. The number of rotatable bonds is 7. The molecule has 3 aromatic carbocycles. The molecule has 1 aliphatic carbocycles. The summed E-state index contributed by atoms with van der Waals surface area (Å²) in [5.41, 5.74) is 1.45. The van der Waals surface area contributed by atoms with Gasteiger partial charge in [0, 0.05) is 17.5 Å². The molecule has 0 radical (unpaired) electrons. The molecule has 1 aliphatic heterocycles. The van der Waals surface area contributed by atoms with Crippen molar-refractivity contribution in [2.75, 3.05) is 6.79 Å². The average molecular weight is 527 g/mol. The first-order chi connectivity index (χ1) is 19.1. The number of benzene rings is 3. The van der Waals surface area contributed by atoms with Crippen LogP contribution >= 0.6 is 0 Å². The average Bonchev–Trinajstić information content (AvgIpc) is 3.44. The second-order valence-corrected chi connectivity index (χ2v) is 9.64. The molecule has 1 fully saturated rings. The Morgan fingerprint density at radius 1 is 1.05 bits per heavy atom. The molecule has 10 nitrogen and oxygen atoms in total. The van der Waals surface area contributed by atoms with E-state index in [4.69, 9.17) is 19.2 Å². The van der Waals surface area contributed by atoms with Gasteiger partial charge in [-0.3, -0.25) is 14.9 Å². The summed E-state index contributed by atoms with van der Waals surface area (Å²) in [4.78, 5) is 29.6. The number of hydrogen-bond donors (Lipinski definition) is 0. The summed E-state index contributed by atoms with van der Waals surface area (Å²) in [7, 11) is 0. The number of fused-ring (bicyclic) bond motifs is 2. The van der Waals surface area contributed by atoms with Crippen LogP contribution < -0.4 is 19.8 Å². The standard InChI is InChI=1S/C29H26N4O6/c34-29-22-8-4-5-9-23(22)31-28(21-6-2-1-3-7-21)32(29)30-16-19-10-12-25(24(14-19)33(35)36)37-17-20-11-13-26-27(15-20)39-18-38-26/h4-5,8-16,21H,1-3,6-7,17-18H2. The van der Waals surface area contributed by atoms with E-state index in [-0.39, 0.29) is 36.3 Å². The first kappa shape index (κ1) is 24.6. The van der Waals surface area contributed by atoms with Gasteiger partial charge in [-0.25, -0.2) is 4.98 Å². The molecule has 6 rings (SSSR count). The quantitative estimate of drug-likeness (QED) is 0.176. The number of aromatic nitrogens is 2. The van der Waals surface area contributed by atoms with Crippen molar-refractivity contribution in [2.24, 2.45) is 5.10 Å². The smallest absolute Gasteiger partial charge is 0.311 e. The van der Waals surface area contributed by atoms with E-state index in [0.717, 1.165) is 31.2 Å². The maximum absolute atomic E-state index is 13.4. The second kappa shape index (κ2) is 10.6. The van der Waals surface area contributed by atoms with Gasteiger partial charge in [-0.2, -0.15) is 9.78 Å². The Labute approximate surface area is 223 Å². The molecule has 0 spiro atoms. The van der Waals surface area contributed by atoms with Crippen LogP contribution in [0.25, 0.3) is 10.9 Å². The normalized spacial score (nSPS) is 15.2. The summed E-state index contributed by atoms with van der Waals surface area (Å²) >= 11 is 0. The first-order valence-corrected chi connectivity index (χ1v) is 12.9. The third kappa shape index (κ3) is 5.05. The highest BCUT2D eigenvalue weighted by Crippen LogP contribution is 2.34. The highest BCUT2D eigenvalue weighted by molar-refractivity contribution is 5.82. The number of para-hydroxylation sites is 1. The minimum atomic E-state index is -0.497. The van der Waals surface area contributed by atoms with E-state index >= 15 is 0 Å². The summed E-state index contributed by atoms with van der Waals surface area (Å²) < 4.78 is 17.8. The van der Waals surface area contributed by atoms with Crippen LogP contribution in [0, 0.1) is 10.1 Å². The van der Waals surface area contributed by atoms with Gasteiger partial charge in [0.1, 0.15) is 12.4 Å². The fraction of sp³-hybridized carbons (Fsp3) is 0.276. The number of nitro groups is 1. The topological polar surface area (TPSA) is 118 Å². The van der Waals surface area contributed by atoms with Crippen molar-refractivity contribution < 1.29 is 19.1 Å². The molecule has 0 N–H and O–H groups in total. The fourth-order valence-electron chi connectivity index (χ4n) is 5.07. The number of hydrogen-bond acceptors (Lipinski definition) is 8. The van der Waals surface area contributed by atoms with Crippen LogP contribution in [-0.2, 0) is 6.61 Å². The van der Waals surface area contributed by atoms with E-state index in [1.54, 1.807) is 30.3 Å². The lowest BCUT2D eigenvalue weighted by atomic mass is 9.88. The van der Waals surface area contributed by atoms with Gasteiger partial charge in [-0.15, -0.1) is 0 Å². The maximum Gasteiger partial charge on any atom is 0.311 e. The Bertz CT molecular complexity index is 1640. The molecule has 4 aromatic rings. The fourth-order valence-corrected chi connectivity index (χ4v) is 5.07. The van der Waals surface area contributed by atoms with E-state index in [2.05, 4.69) is 5.10 Å². The molecule has 2 heterocycles. The number of nitrogens with zero attached hydrogens (tertiary/aromatic N) is 4. The van der Waals surface area contributed by atoms with Gasteiger partial charge in [-0.05, 0) is 54.8 Å². The van der Waals surface area contributed by atoms with E-state index in [1.807, 2.05) is 18.2 Å². The molecule has 1 aromatic heterocycles. The van der Waals surface area contributed by atoms with Crippen molar-refractivity contribution in [3.05, 3.63) is 98.1 Å². The van der Waals surface area contributed by atoms with Crippen LogP contribution in [0.5, 0.6) is 17.2 Å². The minimum absolute atomic E-state index is 0.119. The summed E-state index contributed by atoms with van der Waals surface area (Å²) in [6.45, 7) is 0.283. The third-order valence-corrected chi connectivity index (χ3v) is 7.08.